The Morgan fingerprint density at radius 1 is 1.54 bits per heavy atom. The average Bonchev–Trinajstić information content (AvgIpc) is 2.69. The highest BCUT2D eigenvalue weighted by molar-refractivity contribution is 7.48. The first-order valence-electron chi connectivity index (χ1n) is 7.12. The van der Waals surface area contributed by atoms with Crippen LogP contribution in [0.15, 0.2) is 17.1 Å². The van der Waals surface area contributed by atoms with Gasteiger partial charge < -0.3 is 10.5 Å². The van der Waals surface area contributed by atoms with Crippen LogP contribution in [0.25, 0.3) is 0 Å². The van der Waals surface area contributed by atoms with E-state index in [0.717, 1.165) is 4.57 Å². The predicted molar refractivity (Wildman–Crippen MR) is 85.9 cm³/mol. The molecule has 9 nitrogen and oxygen atoms in total. The summed E-state index contributed by atoms with van der Waals surface area (Å²) >= 11 is 12.8. The van der Waals surface area contributed by atoms with Crippen molar-refractivity contribution >= 4 is 36.8 Å². The van der Waals surface area contributed by atoms with Gasteiger partial charge in [-0.15, -0.1) is 0 Å². The molecule has 134 valence electrons. The maximum Gasteiger partial charge on any atom is 0.475 e. The van der Waals surface area contributed by atoms with E-state index in [1.807, 2.05) is 0 Å². The number of hydrogen-bond acceptors (Lipinski definition) is 8. The summed E-state index contributed by atoms with van der Waals surface area (Å²) in [4.78, 5) is 15.6. The van der Waals surface area contributed by atoms with E-state index < -0.39 is 42.4 Å². The van der Waals surface area contributed by atoms with E-state index in [1.165, 1.54) is 12.3 Å². The molecule has 1 aromatic heterocycles. The Hall–Kier alpha value is -0.670. The number of nitrogens with two attached hydrogens (primary N) is 1. The van der Waals surface area contributed by atoms with Crippen molar-refractivity contribution in [1.82, 2.24) is 9.55 Å². The van der Waals surface area contributed by atoms with Crippen LogP contribution < -0.4 is 11.4 Å². The van der Waals surface area contributed by atoms with E-state index in [-0.39, 0.29) is 12.4 Å². The normalized spacial score (nSPS) is 35.1. The highest BCUT2D eigenvalue weighted by Gasteiger charge is 2.62. The maximum absolute atomic E-state index is 12.5. The Bertz CT molecular complexity index is 742. The van der Waals surface area contributed by atoms with Crippen molar-refractivity contribution < 1.29 is 22.9 Å². The summed E-state index contributed by atoms with van der Waals surface area (Å²) < 4.78 is 33.3. The molecule has 2 saturated heterocycles. The molecule has 12 heteroatoms. The number of rotatable bonds is 3. The van der Waals surface area contributed by atoms with Crippen molar-refractivity contribution in [2.24, 2.45) is 0 Å². The summed E-state index contributed by atoms with van der Waals surface area (Å²) in [5.41, 5.74) is 4.78. The van der Waals surface area contributed by atoms with Crippen LogP contribution in [0.2, 0.25) is 0 Å². The minimum absolute atomic E-state index is 0.0517. The summed E-state index contributed by atoms with van der Waals surface area (Å²) in [6.07, 6.45) is -1.90. The van der Waals surface area contributed by atoms with Crippen molar-refractivity contribution in [2.75, 3.05) is 12.3 Å². The highest BCUT2D eigenvalue weighted by Crippen LogP contribution is 2.61. The molecule has 1 unspecified atom stereocenters. The van der Waals surface area contributed by atoms with Gasteiger partial charge in [-0.2, -0.15) is 4.98 Å². The number of nitrogen functional groups attached to an aromatic ring is 1. The fourth-order valence-corrected chi connectivity index (χ4v) is 4.89. The molecule has 0 saturated carbocycles. The van der Waals surface area contributed by atoms with E-state index in [0.29, 0.717) is 0 Å². The molecule has 1 aromatic rings. The molecule has 4 atom stereocenters. The lowest BCUT2D eigenvalue weighted by molar-refractivity contribution is -0.0748. The molecular formula is C12H16Cl2N3O6P. The molecule has 3 heterocycles. The van der Waals surface area contributed by atoms with Crippen molar-refractivity contribution in [1.29, 1.82) is 0 Å². The molecule has 0 aliphatic carbocycles. The number of alkyl halides is 2. The third-order valence-electron chi connectivity index (χ3n) is 3.43. The lowest BCUT2D eigenvalue weighted by Crippen LogP contribution is -2.43. The second-order valence-electron chi connectivity index (χ2n) is 5.67. The van der Waals surface area contributed by atoms with Gasteiger partial charge in [0.2, 0.25) is 0 Å². The highest BCUT2D eigenvalue weighted by atomic mass is 35.5. The molecule has 3 rings (SSSR count). The minimum Gasteiger partial charge on any atom is -0.383 e. The lowest BCUT2D eigenvalue weighted by Gasteiger charge is -2.33. The van der Waals surface area contributed by atoms with Crippen LogP contribution in [0, 0.1) is 0 Å². The average molecular weight is 400 g/mol. The van der Waals surface area contributed by atoms with Crippen molar-refractivity contribution in [3.8, 4) is 0 Å². The second-order valence-corrected chi connectivity index (χ2v) is 8.69. The van der Waals surface area contributed by atoms with Gasteiger partial charge in [-0.05, 0) is 19.9 Å². The van der Waals surface area contributed by atoms with Crippen molar-refractivity contribution in [2.45, 2.75) is 42.7 Å². The summed E-state index contributed by atoms with van der Waals surface area (Å²) in [6.45, 7) is 3.25. The molecular weight excluding hydrogens is 384 g/mol. The van der Waals surface area contributed by atoms with Crippen molar-refractivity contribution in [3.05, 3.63) is 22.7 Å². The Labute approximate surface area is 147 Å². The van der Waals surface area contributed by atoms with Crippen LogP contribution in [-0.4, -0.2) is 38.8 Å². The molecule has 0 aromatic carbocycles. The molecule has 0 bridgehead atoms. The first-order valence-corrected chi connectivity index (χ1v) is 9.33. The standard InChI is InChI=1S/C12H16Cl2N3O6P/c1-6(2)22-24(19)20-5-7-9(23-24)12(13,14)10(21-7)17-4-3-8(15)16-11(17)18/h3-4,6-7,9-10H,5H2,1-2H3,(H2,15,16,18)/t7-,9-,10-,24?/m1/s1. The third kappa shape index (κ3) is 3.22. The molecule has 2 aliphatic rings. The monoisotopic (exact) mass is 399 g/mol. The summed E-state index contributed by atoms with van der Waals surface area (Å²) in [5, 5.41) is 0. The number of phosphoric ester groups is 1. The van der Waals surface area contributed by atoms with Gasteiger partial charge >= 0.3 is 13.5 Å². The van der Waals surface area contributed by atoms with Crippen LogP contribution in [-0.2, 0) is 22.9 Å². The minimum atomic E-state index is -3.83. The fraction of sp³-hybridized carbons (Fsp3) is 0.667. The zero-order valence-electron chi connectivity index (χ0n) is 12.8. The Kier molecular flexibility index (Phi) is 4.72. The topological polar surface area (TPSA) is 115 Å². The quantitative estimate of drug-likeness (QED) is 0.604. The number of fused-ring (bicyclic) bond motifs is 1. The van der Waals surface area contributed by atoms with Crippen LogP contribution >= 0.6 is 31.0 Å². The van der Waals surface area contributed by atoms with Crippen LogP contribution in [0.3, 0.4) is 0 Å². The molecule has 2 N–H and O–H groups in total. The van der Waals surface area contributed by atoms with E-state index >= 15 is 0 Å². The van der Waals surface area contributed by atoms with E-state index in [2.05, 4.69) is 4.98 Å². The fourth-order valence-electron chi connectivity index (χ4n) is 2.48. The molecule has 2 fully saturated rings. The number of halogens is 2. The molecule has 0 amide bonds. The number of nitrogens with zero attached hydrogens (tertiary/aromatic N) is 2. The van der Waals surface area contributed by atoms with Crippen LogP contribution in [0.4, 0.5) is 5.82 Å². The number of ether oxygens (including phenoxy) is 1. The molecule has 0 radical (unpaired) electrons. The summed E-state index contributed by atoms with van der Waals surface area (Å²) in [6, 6.07) is 1.40. The van der Waals surface area contributed by atoms with Crippen molar-refractivity contribution in [3.63, 3.8) is 0 Å². The molecule has 24 heavy (non-hydrogen) atoms. The number of anilines is 1. The van der Waals surface area contributed by atoms with Gasteiger partial charge in [0.15, 0.2) is 10.6 Å². The number of hydrogen-bond donors (Lipinski definition) is 1. The lowest BCUT2D eigenvalue weighted by atomic mass is 10.2. The van der Waals surface area contributed by atoms with Gasteiger partial charge in [0.25, 0.3) is 0 Å². The third-order valence-corrected chi connectivity index (χ3v) is 5.87. The first-order chi connectivity index (χ1) is 11.1. The zero-order chi connectivity index (χ0) is 17.7. The first kappa shape index (κ1) is 18.1. The van der Waals surface area contributed by atoms with E-state index in [9.17, 15) is 9.36 Å². The van der Waals surface area contributed by atoms with Crippen LogP contribution in [0.5, 0.6) is 0 Å². The number of aromatic nitrogens is 2. The van der Waals surface area contributed by atoms with E-state index in [4.69, 9.17) is 47.2 Å². The van der Waals surface area contributed by atoms with Crippen LogP contribution in [0.1, 0.15) is 20.1 Å². The molecule has 2 aliphatic heterocycles. The largest absolute Gasteiger partial charge is 0.475 e. The second kappa shape index (κ2) is 6.25. The Morgan fingerprint density at radius 2 is 2.25 bits per heavy atom. The van der Waals surface area contributed by atoms with Gasteiger partial charge in [0, 0.05) is 6.20 Å². The Balaban J connectivity index is 1.90. The smallest absolute Gasteiger partial charge is 0.383 e. The molecule has 0 spiro atoms. The maximum atomic E-state index is 12.5. The van der Waals surface area contributed by atoms with Gasteiger partial charge in [-0.3, -0.25) is 18.1 Å². The number of phosphoric acid groups is 1. The van der Waals surface area contributed by atoms with E-state index in [1.54, 1.807) is 13.8 Å². The summed E-state index contributed by atoms with van der Waals surface area (Å²) in [7, 11) is -3.83. The Morgan fingerprint density at radius 3 is 2.88 bits per heavy atom. The predicted octanol–water partition coefficient (Wildman–Crippen LogP) is 1.85. The summed E-state index contributed by atoms with van der Waals surface area (Å²) in [5.74, 6) is 0.0517. The van der Waals surface area contributed by atoms with Gasteiger partial charge in [-0.1, -0.05) is 23.2 Å². The van der Waals surface area contributed by atoms with Gasteiger partial charge in [-0.25, -0.2) is 9.36 Å². The zero-order valence-corrected chi connectivity index (χ0v) is 15.2. The van der Waals surface area contributed by atoms with Gasteiger partial charge in [0.1, 0.15) is 18.0 Å². The SMILES string of the molecule is CC(C)OP1(=O)OC[C@H]2O[C@@H](n3ccc(N)nc3=O)C(Cl)(Cl)[C@@H]2O1. The van der Waals surface area contributed by atoms with Gasteiger partial charge in [0.05, 0.1) is 12.7 Å².